The van der Waals surface area contributed by atoms with Gasteiger partial charge in [-0.15, -0.1) is 0 Å². The van der Waals surface area contributed by atoms with E-state index < -0.39 is 23.6 Å². The number of nitrogens with zero attached hydrogens (tertiary/aromatic N) is 5. The number of rotatable bonds is 10. The Labute approximate surface area is 227 Å². The van der Waals surface area contributed by atoms with Crippen molar-refractivity contribution in [2.24, 2.45) is 32.0 Å². The molecule has 0 aliphatic rings. The predicted molar refractivity (Wildman–Crippen MR) is 144 cm³/mol. The van der Waals surface area contributed by atoms with Gasteiger partial charge in [-0.05, 0) is 12.1 Å². The second-order valence-electron chi connectivity index (χ2n) is 8.35. The molecule has 0 bridgehead atoms. The summed E-state index contributed by atoms with van der Waals surface area (Å²) in [6.45, 7) is 3.49. The second-order valence-corrected chi connectivity index (χ2v) is 8.81. The minimum absolute atomic E-state index is 0.0132. The van der Waals surface area contributed by atoms with Gasteiger partial charge in [0.15, 0.2) is 5.82 Å². The molecule has 3 heterocycles. The Morgan fingerprint density at radius 3 is 2.03 bits per heavy atom. The number of carbonyl (C=O) groups excluding carboxylic acids is 4. The molecule has 206 valence electrons. The second kappa shape index (κ2) is 12.0. The quantitative estimate of drug-likeness (QED) is 0.0703. The number of anilines is 3. The molecule has 39 heavy (non-hydrogen) atoms. The number of halogens is 1. The van der Waals surface area contributed by atoms with E-state index in [1.807, 2.05) is 0 Å². The van der Waals surface area contributed by atoms with Crippen molar-refractivity contribution in [2.75, 3.05) is 22.5 Å². The average molecular weight is 559 g/mol. The molecule has 16 heteroatoms. The lowest BCUT2D eigenvalue weighted by atomic mass is 10.3. The topological polar surface area (TPSA) is 203 Å². The maximum atomic E-state index is 12.9. The first-order chi connectivity index (χ1) is 18.4. The van der Waals surface area contributed by atoms with Gasteiger partial charge < -0.3 is 41.3 Å². The third kappa shape index (κ3) is 7.04. The zero-order valence-electron chi connectivity index (χ0n) is 21.3. The molecule has 0 saturated heterocycles. The van der Waals surface area contributed by atoms with Crippen molar-refractivity contribution in [1.82, 2.24) is 24.2 Å². The molecule has 0 aliphatic heterocycles. The van der Waals surface area contributed by atoms with Gasteiger partial charge >= 0.3 is 0 Å². The molecule has 0 spiro atoms. The van der Waals surface area contributed by atoms with E-state index in [-0.39, 0.29) is 46.7 Å². The lowest BCUT2D eigenvalue weighted by Gasteiger charge is -2.04. The van der Waals surface area contributed by atoms with Crippen LogP contribution < -0.4 is 27.0 Å². The maximum absolute atomic E-state index is 12.9. The molecule has 0 fully saturated rings. The van der Waals surface area contributed by atoms with Crippen LogP contribution in [0.3, 0.4) is 0 Å². The summed E-state index contributed by atoms with van der Waals surface area (Å²) < 4.78 is 4.34. The van der Waals surface area contributed by atoms with Crippen molar-refractivity contribution < 1.29 is 24.4 Å². The Hall–Kier alpha value is -5.05. The predicted octanol–water partition coefficient (Wildman–Crippen LogP) is 1.16. The molecule has 0 radical (unpaired) electrons. The molecule has 0 saturated carbocycles. The van der Waals surface area contributed by atoms with Crippen LogP contribution in [0, 0.1) is 0 Å². The van der Waals surface area contributed by atoms with Crippen LogP contribution in [0.15, 0.2) is 47.4 Å². The summed E-state index contributed by atoms with van der Waals surface area (Å²) in [5.74, 6) is -1.96. The van der Waals surface area contributed by atoms with Crippen LogP contribution in [0.1, 0.15) is 37.9 Å². The third-order valence-electron chi connectivity index (χ3n) is 5.39. The molecule has 0 atom stereocenters. The van der Waals surface area contributed by atoms with Crippen molar-refractivity contribution in [1.29, 1.82) is 0 Å². The van der Waals surface area contributed by atoms with Crippen molar-refractivity contribution in [2.45, 2.75) is 6.42 Å². The fraction of sp³-hybridized carbons (Fsp3) is 0.217. The Kier molecular flexibility index (Phi) is 8.77. The maximum Gasteiger partial charge on any atom is 0.274 e. The molecule has 0 aliphatic carbocycles. The van der Waals surface area contributed by atoms with Crippen LogP contribution in [-0.2, 0) is 25.9 Å². The van der Waals surface area contributed by atoms with E-state index in [2.05, 4.69) is 38.1 Å². The van der Waals surface area contributed by atoms with E-state index in [0.717, 1.165) is 0 Å². The van der Waals surface area contributed by atoms with Gasteiger partial charge in [0.1, 0.15) is 22.9 Å². The summed E-state index contributed by atoms with van der Waals surface area (Å²) in [4.78, 5) is 49.8. The average Bonchev–Trinajstić information content (AvgIpc) is 3.54. The highest BCUT2D eigenvalue weighted by Gasteiger charge is 2.19. The summed E-state index contributed by atoms with van der Waals surface area (Å²) in [6, 6.07) is 4.34. The smallest absolute Gasteiger partial charge is 0.274 e. The minimum atomic E-state index is -0.648. The highest BCUT2D eigenvalue weighted by Crippen LogP contribution is 2.19. The molecule has 3 rings (SSSR count). The Morgan fingerprint density at radius 2 is 1.49 bits per heavy atom. The van der Waals surface area contributed by atoms with Gasteiger partial charge in [0.25, 0.3) is 23.6 Å². The molecular formula is C23H27ClN10O5. The molecule has 0 unspecified atom stereocenters. The number of nitrogens with one attached hydrogen (secondary N) is 4. The largest absolute Gasteiger partial charge is 0.409 e. The first-order valence-corrected chi connectivity index (χ1v) is 11.7. The normalized spacial score (nSPS) is 11.1. The fourth-order valence-corrected chi connectivity index (χ4v) is 3.52. The summed E-state index contributed by atoms with van der Waals surface area (Å²) in [5.41, 5.74) is 6.76. The number of amidine groups is 1. The highest BCUT2D eigenvalue weighted by atomic mass is 35.5. The molecular weight excluding hydrogens is 532 g/mol. The van der Waals surface area contributed by atoms with E-state index in [0.29, 0.717) is 11.4 Å². The monoisotopic (exact) mass is 558 g/mol. The van der Waals surface area contributed by atoms with Crippen LogP contribution in [0.2, 0.25) is 0 Å². The molecule has 0 aromatic carbocycles. The van der Waals surface area contributed by atoms with Gasteiger partial charge in [0.05, 0.1) is 16.4 Å². The van der Waals surface area contributed by atoms with Crippen molar-refractivity contribution in [3.05, 3.63) is 59.3 Å². The lowest BCUT2D eigenvalue weighted by molar-refractivity contribution is -0.112. The van der Waals surface area contributed by atoms with E-state index in [9.17, 15) is 19.2 Å². The van der Waals surface area contributed by atoms with Crippen molar-refractivity contribution in [3.63, 3.8) is 0 Å². The van der Waals surface area contributed by atoms with Crippen LogP contribution >= 0.6 is 11.6 Å². The van der Waals surface area contributed by atoms with Crippen LogP contribution in [0.4, 0.5) is 17.2 Å². The van der Waals surface area contributed by atoms with Gasteiger partial charge in [-0.25, -0.2) is 0 Å². The number of hydrogen-bond acceptors (Lipinski definition) is 7. The molecule has 3 aromatic rings. The number of amides is 4. The Morgan fingerprint density at radius 1 is 0.949 bits per heavy atom. The van der Waals surface area contributed by atoms with Gasteiger partial charge in [0.2, 0.25) is 0 Å². The first-order valence-electron chi connectivity index (χ1n) is 11.3. The SMILES string of the molecule is C=C(Cl)C(=O)Nc1cc(C(=O)Nc2cc(C(=O)Nc3cc(C(=O)NCCC(N)=NO)n(C)c3)n(C)c2)n(C)n1. The number of nitrogens with two attached hydrogens (primary N) is 1. The molecule has 3 aromatic heterocycles. The van der Waals surface area contributed by atoms with Gasteiger partial charge in [-0.2, -0.15) is 5.10 Å². The summed E-state index contributed by atoms with van der Waals surface area (Å²) in [5, 5.41) is 25.7. The van der Waals surface area contributed by atoms with Gasteiger partial charge in [-0.1, -0.05) is 23.3 Å². The van der Waals surface area contributed by atoms with Gasteiger partial charge in [0, 0.05) is 52.6 Å². The molecule has 4 amide bonds. The third-order valence-corrected chi connectivity index (χ3v) is 5.56. The zero-order valence-corrected chi connectivity index (χ0v) is 22.0. The van der Waals surface area contributed by atoms with Crippen molar-refractivity contribution in [3.8, 4) is 0 Å². The number of carbonyl (C=O) groups is 4. The highest BCUT2D eigenvalue weighted by molar-refractivity contribution is 6.43. The van der Waals surface area contributed by atoms with Crippen LogP contribution in [-0.4, -0.2) is 60.1 Å². The Bertz CT molecular complexity index is 1480. The van der Waals surface area contributed by atoms with E-state index in [1.54, 1.807) is 31.1 Å². The summed E-state index contributed by atoms with van der Waals surface area (Å²) >= 11 is 5.55. The van der Waals surface area contributed by atoms with E-state index in [4.69, 9.17) is 22.5 Å². The lowest BCUT2D eigenvalue weighted by Crippen LogP contribution is -2.29. The number of oxime groups is 1. The fourth-order valence-electron chi connectivity index (χ4n) is 3.48. The summed E-state index contributed by atoms with van der Waals surface area (Å²) in [6.07, 6.45) is 3.29. The summed E-state index contributed by atoms with van der Waals surface area (Å²) in [7, 11) is 4.80. The number of hydrogen-bond donors (Lipinski definition) is 6. The van der Waals surface area contributed by atoms with E-state index in [1.165, 1.54) is 34.5 Å². The standard InChI is InChI=1S/C23H27ClN10O5/c1-12(24)20(35)29-19-9-17(34(4)30-19)23(38)28-14-8-16(33(3)11-14)22(37)27-13-7-15(32(2)10-13)21(36)26-6-5-18(25)31-39/h7-11,39H,1,5-6H2,2-4H3,(H2,25,31)(H,26,36)(H,27,37)(H,28,38)(H,29,30,35). The van der Waals surface area contributed by atoms with E-state index >= 15 is 0 Å². The molecule has 7 N–H and O–H groups in total. The van der Waals surface area contributed by atoms with Crippen molar-refractivity contribution >= 4 is 58.3 Å². The molecule has 15 nitrogen and oxygen atoms in total. The number of aryl methyl sites for hydroxylation is 3. The first kappa shape index (κ1) is 28.5. The van der Waals surface area contributed by atoms with Gasteiger partial charge in [-0.3, -0.25) is 23.9 Å². The minimum Gasteiger partial charge on any atom is -0.409 e. The number of aromatic nitrogens is 4. The Balaban J connectivity index is 1.65. The zero-order chi connectivity index (χ0) is 28.9. The van der Waals surface area contributed by atoms with Crippen LogP contribution in [0.25, 0.3) is 0 Å². The van der Waals surface area contributed by atoms with Crippen LogP contribution in [0.5, 0.6) is 0 Å².